The molecule has 1 atom stereocenters. The largest absolute Gasteiger partial charge is 0.493 e. The molecule has 0 bridgehead atoms. The van der Waals surface area contributed by atoms with Crippen LogP contribution < -0.4 is 20.5 Å². The number of esters is 1. The number of nitrogens with one attached hydrogen (secondary N) is 1. The van der Waals surface area contributed by atoms with Crippen LogP contribution in [-0.2, 0) is 9.53 Å². The van der Waals surface area contributed by atoms with Crippen molar-refractivity contribution in [3.05, 3.63) is 23.8 Å². The number of carbonyl (C=O) groups is 3. The third-order valence-corrected chi connectivity index (χ3v) is 3.91. The van der Waals surface area contributed by atoms with E-state index in [9.17, 15) is 14.4 Å². The highest BCUT2D eigenvalue weighted by atomic mass is 32.2. The molecular weight excluding hydrogens is 348 g/mol. The average molecular weight is 370 g/mol. The lowest BCUT2D eigenvalue weighted by atomic mass is 10.1. The van der Waals surface area contributed by atoms with Crippen molar-refractivity contribution in [3.8, 4) is 11.5 Å². The van der Waals surface area contributed by atoms with E-state index in [-0.39, 0.29) is 0 Å². The van der Waals surface area contributed by atoms with Gasteiger partial charge in [-0.15, -0.1) is 0 Å². The number of benzene rings is 1. The van der Waals surface area contributed by atoms with Gasteiger partial charge < -0.3 is 25.3 Å². The molecular formula is C16H22N2O6S. The molecule has 0 unspecified atom stereocenters. The van der Waals surface area contributed by atoms with Crippen LogP contribution in [0.4, 0.5) is 4.79 Å². The summed E-state index contributed by atoms with van der Waals surface area (Å²) in [4.78, 5) is 35.2. The number of nitrogens with two attached hydrogens (primary N) is 1. The minimum Gasteiger partial charge on any atom is -0.493 e. The summed E-state index contributed by atoms with van der Waals surface area (Å²) in [5.41, 5.74) is 5.37. The zero-order chi connectivity index (χ0) is 18.8. The fourth-order valence-electron chi connectivity index (χ4n) is 1.99. The Morgan fingerprint density at radius 1 is 1.20 bits per heavy atom. The molecule has 0 radical (unpaired) electrons. The first-order valence-electron chi connectivity index (χ1n) is 7.39. The van der Waals surface area contributed by atoms with Crippen molar-refractivity contribution < 1.29 is 28.6 Å². The third-order valence-electron chi connectivity index (χ3n) is 3.26. The van der Waals surface area contributed by atoms with Crippen LogP contribution in [0, 0.1) is 0 Å². The van der Waals surface area contributed by atoms with E-state index < -0.39 is 30.4 Å². The first-order chi connectivity index (χ1) is 11.9. The van der Waals surface area contributed by atoms with Crippen LogP contribution in [0.5, 0.6) is 11.5 Å². The number of ether oxygens (including phenoxy) is 3. The Balaban J connectivity index is 2.70. The second-order valence-corrected chi connectivity index (χ2v) is 5.93. The normalized spacial score (nSPS) is 11.3. The molecule has 1 rings (SSSR count). The van der Waals surface area contributed by atoms with Gasteiger partial charge in [0.05, 0.1) is 14.2 Å². The van der Waals surface area contributed by atoms with E-state index in [1.807, 2.05) is 6.26 Å². The predicted octanol–water partition coefficient (Wildman–Crippen LogP) is 1.22. The van der Waals surface area contributed by atoms with E-state index in [2.05, 4.69) is 5.32 Å². The Labute approximate surface area is 150 Å². The number of amides is 2. The number of hydrogen-bond acceptors (Lipinski definition) is 7. The molecule has 138 valence electrons. The van der Waals surface area contributed by atoms with E-state index in [1.165, 1.54) is 32.0 Å². The SMILES string of the molecule is COc1ccc(C(=O)COC(=O)[C@@H](CCSC)NC(N)=O)cc1OC. The van der Waals surface area contributed by atoms with Gasteiger partial charge in [-0.3, -0.25) is 4.79 Å². The van der Waals surface area contributed by atoms with Crippen LogP contribution in [0.15, 0.2) is 18.2 Å². The van der Waals surface area contributed by atoms with Gasteiger partial charge in [0, 0.05) is 5.56 Å². The number of Topliss-reactive ketones (excluding diaryl/α,β-unsaturated/α-hetero) is 1. The number of urea groups is 1. The van der Waals surface area contributed by atoms with Gasteiger partial charge in [-0.25, -0.2) is 9.59 Å². The van der Waals surface area contributed by atoms with Crippen molar-refractivity contribution in [2.45, 2.75) is 12.5 Å². The number of rotatable bonds is 10. The van der Waals surface area contributed by atoms with Crippen molar-refractivity contribution in [2.24, 2.45) is 5.73 Å². The standard InChI is InChI=1S/C16H22N2O6S/c1-22-13-5-4-10(8-14(13)23-2)12(19)9-24-15(20)11(6-7-25-3)18-16(17)21/h4-5,8,11H,6-7,9H2,1-3H3,(H3,17,18,21)/t11-/m1/s1. The predicted molar refractivity (Wildman–Crippen MR) is 94.3 cm³/mol. The van der Waals surface area contributed by atoms with Gasteiger partial charge in [0.15, 0.2) is 23.9 Å². The molecule has 0 fully saturated rings. The van der Waals surface area contributed by atoms with Gasteiger partial charge in [0.1, 0.15) is 6.04 Å². The summed E-state index contributed by atoms with van der Waals surface area (Å²) in [5.74, 6) is 0.398. The van der Waals surface area contributed by atoms with E-state index in [0.29, 0.717) is 29.2 Å². The van der Waals surface area contributed by atoms with Crippen LogP contribution in [0.25, 0.3) is 0 Å². The maximum absolute atomic E-state index is 12.2. The lowest BCUT2D eigenvalue weighted by Crippen LogP contribution is -2.45. The first-order valence-corrected chi connectivity index (χ1v) is 8.79. The lowest BCUT2D eigenvalue weighted by Gasteiger charge is -2.16. The minimum absolute atomic E-state index is 0.314. The molecule has 25 heavy (non-hydrogen) atoms. The number of methoxy groups -OCH3 is 2. The Morgan fingerprint density at radius 2 is 1.88 bits per heavy atom. The molecule has 0 spiro atoms. The summed E-state index contributed by atoms with van der Waals surface area (Å²) in [7, 11) is 2.94. The maximum Gasteiger partial charge on any atom is 0.329 e. The average Bonchev–Trinajstić information content (AvgIpc) is 2.61. The first kappa shape index (κ1) is 20.6. The van der Waals surface area contributed by atoms with Gasteiger partial charge in [0.25, 0.3) is 0 Å². The highest BCUT2D eigenvalue weighted by Crippen LogP contribution is 2.27. The summed E-state index contributed by atoms with van der Waals surface area (Å²) in [6.45, 7) is -0.454. The molecule has 0 saturated carbocycles. The summed E-state index contributed by atoms with van der Waals surface area (Å²) < 4.78 is 15.2. The van der Waals surface area contributed by atoms with Gasteiger partial charge in [-0.2, -0.15) is 11.8 Å². The zero-order valence-electron chi connectivity index (χ0n) is 14.4. The molecule has 0 aliphatic heterocycles. The van der Waals surface area contributed by atoms with Crippen molar-refractivity contribution in [1.82, 2.24) is 5.32 Å². The minimum atomic E-state index is -0.886. The van der Waals surface area contributed by atoms with E-state index in [4.69, 9.17) is 19.9 Å². The van der Waals surface area contributed by atoms with E-state index >= 15 is 0 Å². The van der Waals surface area contributed by atoms with Crippen LogP contribution in [0.3, 0.4) is 0 Å². The quantitative estimate of drug-likeness (QED) is 0.470. The molecule has 0 aromatic heterocycles. The summed E-state index contributed by atoms with van der Waals surface area (Å²) in [6, 6.07) is 2.92. The van der Waals surface area contributed by atoms with Crippen molar-refractivity contribution in [1.29, 1.82) is 0 Å². The molecule has 0 aliphatic rings. The van der Waals surface area contributed by atoms with E-state index in [0.717, 1.165) is 0 Å². The summed E-state index contributed by atoms with van der Waals surface area (Å²) in [6.07, 6.45) is 2.22. The lowest BCUT2D eigenvalue weighted by molar-refractivity contribution is -0.144. The second-order valence-electron chi connectivity index (χ2n) is 4.94. The number of hydrogen-bond donors (Lipinski definition) is 2. The highest BCUT2D eigenvalue weighted by Gasteiger charge is 2.22. The highest BCUT2D eigenvalue weighted by molar-refractivity contribution is 7.98. The third kappa shape index (κ3) is 6.54. The Morgan fingerprint density at radius 3 is 2.44 bits per heavy atom. The van der Waals surface area contributed by atoms with Gasteiger partial charge in [0.2, 0.25) is 0 Å². The molecule has 1 aromatic rings. The number of primary amides is 1. The fraction of sp³-hybridized carbons (Fsp3) is 0.438. The molecule has 2 amide bonds. The monoisotopic (exact) mass is 370 g/mol. The molecule has 0 saturated heterocycles. The van der Waals surface area contributed by atoms with Crippen molar-refractivity contribution >= 4 is 29.5 Å². The second kappa shape index (κ2) is 10.4. The van der Waals surface area contributed by atoms with Crippen molar-refractivity contribution in [2.75, 3.05) is 32.8 Å². The maximum atomic E-state index is 12.2. The van der Waals surface area contributed by atoms with Crippen LogP contribution in [0.2, 0.25) is 0 Å². The number of ketones is 1. The summed E-state index contributed by atoms with van der Waals surface area (Å²) in [5, 5.41) is 2.31. The Bertz CT molecular complexity index is 623. The zero-order valence-corrected chi connectivity index (χ0v) is 15.2. The number of thioether (sulfide) groups is 1. The van der Waals surface area contributed by atoms with Crippen LogP contribution >= 0.6 is 11.8 Å². The van der Waals surface area contributed by atoms with Gasteiger partial charge in [-0.1, -0.05) is 0 Å². The number of carbonyl (C=O) groups excluding carboxylic acids is 3. The molecule has 0 heterocycles. The van der Waals surface area contributed by atoms with Crippen molar-refractivity contribution in [3.63, 3.8) is 0 Å². The van der Waals surface area contributed by atoms with Gasteiger partial charge >= 0.3 is 12.0 Å². The van der Waals surface area contributed by atoms with E-state index in [1.54, 1.807) is 12.1 Å². The fourth-order valence-corrected chi connectivity index (χ4v) is 2.46. The molecule has 0 aliphatic carbocycles. The van der Waals surface area contributed by atoms with Crippen LogP contribution in [0.1, 0.15) is 16.8 Å². The van der Waals surface area contributed by atoms with Crippen LogP contribution in [-0.4, -0.2) is 56.7 Å². The Hall–Kier alpha value is -2.42. The molecule has 8 nitrogen and oxygen atoms in total. The topological polar surface area (TPSA) is 117 Å². The molecule has 3 N–H and O–H groups in total. The smallest absolute Gasteiger partial charge is 0.329 e. The summed E-state index contributed by atoms with van der Waals surface area (Å²) >= 11 is 1.51. The molecule has 1 aromatic carbocycles. The van der Waals surface area contributed by atoms with Gasteiger partial charge in [-0.05, 0) is 36.6 Å². The Kier molecular flexibility index (Phi) is 8.62. The molecule has 9 heteroatoms.